The summed E-state index contributed by atoms with van der Waals surface area (Å²) in [4.78, 5) is 24.6. The number of thiophene rings is 1. The lowest BCUT2D eigenvalue weighted by Gasteiger charge is -2.30. The minimum Gasteiger partial charge on any atom is -0.420 e. The fourth-order valence-corrected chi connectivity index (χ4v) is 3.89. The van der Waals surface area contributed by atoms with Gasteiger partial charge < -0.3 is 9.32 Å². The van der Waals surface area contributed by atoms with Gasteiger partial charge in [0.25, 0.3) is 5.69 Å². The quantitative estimate of drug-likeness (QED) is 0.356. The average molecular weight is 410 g/mol. The molecule has 9 heteroatoms. The third kappa shape index (κ3) is 4.40. The number of nitrogens with zero attached hydrogens (tertiary/aromatic N) is 4. The first kappa shape index (κ1) is 19.0. The number of nitro benzene ring substituents is 1. The maximum Gasteiger partial charge on any atom is 0.269 e. The molecule has 1 saturated heterocycles. The molecule has 1 unspecified atom stereocenters. The van der Waals surface area contributed by atoms with E-state index in [9.17, 15) is 14.9 Å². The Morgan fingerprint density at radius 3 is 2.83 bits per heavy atom. The van der Waals surface area contributed by atoms with Gasteiger partial charge in [0.2, 0.25) is 17.7 Å². The van der Waals surface area contributed by atoms with Gasteiger partial charge >= 0.3 is 0 Å². The summed E-state index contributed by atoms with van der Waals surface area (Å²) in [7, 11) is 0. The van der Waals surface area contributed by atoms with Crippen molar-refractivity contribution in [2.45, 2.75) is 18.8 Å². The van der Waals surface area contributed by atoms with Gasteiger partial charge in [-0.15, -0.1) is 10.2 Å². The van der Waals surface area contributed by atoms with Crippen LogP contribution in [-0.2, 0) is 4.79 Å². The van der Waals surface area contributed by atoms with E-state index in [0.29, 0.717) is 24.9 Å². The number of carbonyl (C=O) groups is 1. The van der Waals surface area contributed by atoms with E-state index in [1.807, 2.05) is 16.8 Å². The first-order valence-electron chi connectivity index (χ1n) is 9.17. The molecule has 0 N–H and O–H groups in total. The SMILES string of the molecule is O=C(/C=C/c1ccc([N+](=O)[O-])cc1)N1CCCC(c2nnc(-c3ccsc3)o2)C1. The fraction of sp³-hybridized carbons (Fsp3) is 0.250. The van der Waals surface area contributed by atoms with Crippen LogP contribution in [0.2, 0.25) is 0 Å². The molecule has 1 fully saturated rings. The highest BCUT2D eigenvalue weighted by Gasteiger charge is 2.27. The number of carbonyl (C=O) groups excluding carboxylic acids is 1. The number of hydrogen-bond acceptors (Lipinski definition) is 7. The number of amides is 1. The van der Waals surface area contributed by atoms with Gasteiger partial charge in [-0.2, -0.15) is 11.3 Å². The number of non-ortho nitro benzene ring substituents is 1. The smallest absolute Gasteiger partial charge is 0.269 e. The summed E-state index contributed by atoms with van der Waals surface area (Å²) < 4.78 is 5.83. The minimum atomic E-state index is -0.451. The molecule has 3 heterocycles. The lowest BCUT2D eigenvalue weighted by Crippen LogP contribution is -2.38. The highest BCUT2D eigenvalue weighted by atomic mass is 32.1. The molecular weight excluding hydrogens is 392 g/mol. The standard InChI is InChI=1S/C20H18N4O4S/c25-18(8-5-14-3-6-17(7-4-14)24(26)27)23-10-1-2-15(12-23)19-21-22-20(28-19)16-9-11-29-13-16/h3-9,11,13,15H,1-2,10,12H2/b8-5+. The van der Waals surface area contributed by atoms with E-state index in [0.717, 1.165) is 24.0 Å². The average Bonchev–Trinajstić information content (AvgIpc) is 3.44. The number of likely N-dealkylation sites (tertiary alicyclic amines) is 1. The third-order valence-electron chi connectivity index (χ3n) is 4.81. The van der Waals surface area contributed by atoms with Gasteiger partial charge in [-0.1, -0.05) is 0 Å². The summed E-state index contributed by atoms with van der Waals surface area (Å²) in [5.74, 6) is 0.969. The minimum absolute atomic E-state index is 0.0142. The molecule has 0 saturated carbocycles. The Labute approximate surface area is 170 Å². The molecule has 1 atom stereocenters. The van der Waals surface area contributed by atoms with E-state index in [2.05, 4.69) is 10.2 Å². The first-order chi connectivity index (χ1) is 14.1. The van der Waals surface area contributed by atoms with Gasteiger partial charge in [0.1, 0.15) is 0 Å². The summed E-state index contributed by atoms with van der Waals surface area (Å²) >= 11 is 1.57. The Balaban J connectivity index is 1.40. The van der Waals surface area contributed by atoms with Gasteiger partial charge in [0.05, 0.1) is 10.8 Å². The number of nitro groups is 1. The van der Waals surface area contributed by atoms with Crippen molar-refractivity contribution in [2.75, 3.05) is 13.1 Å². The molecule has 1 aromatic carbocycles. The molecule has 0 aliphatic carbocycles. The van der Waals surface area contributed by atoms with E-state index in [1.54, 1.807) is 34.4 Å². The molecule has 29 heavy (non-hydrogen) atoms. The van der Waals surface area contributed by atoms with E-state index in [-0.39, 0.29) is 17.5 Å². The van der Waals surface area contributed by atoms with Crippen molar-refractivity contribution in [1.82, 2.24) is 15.1 Å². The van der Waals surface area contributed by atoms with Crippen LogP contribution in [0.15, 0.2) is 51.6 Å². The number of piperidine rings is 1. The Hall–Kier alpha value is -3.33. The Bertz CT molecular complexity index is 1030. The van der Waals surface area contributed by atoms with Crippen molar-refractivity contribution < 1.29 is 14.1 Å². The predicted molar refractivity (Wildman–Crippen MR) is 108 cm³/mol. The second-order valence-corrected chi connectivity index (χ2v) is 7.54. The summed E-state index contributed by atoms with van der Waals surface area (Å²) in [5, 5.41) is 22.9. The number of benzene rings is 1. The molecule has 4 rings (SSSR count). The molecule has 148 valence electrons. The van der Waals surface area contributed by atoms with Crippen molar-refractivity contribution in [2.24, 2.45) is 0 Å². The monoisotopic (exact) mass is 410 g/mol. The normalized spacial score (nSPS) is 17.0. The molecule has 0 bridgehead atoms. The highest BCUT2D eigenvalue weighted by molar-refractivity contribution is 7.08. The molecule has 2 aromatic heterocycles. The van der Waals surface area contributed by atoms with Crippen LogP contribution in [0.4, 0.5) is 5.69 Å². The van der Waals surface area contributed by atoms with Gasteiger partial charge in [0.15, 0.2) is 0 Å². The summed E-state index contributed by atoms with van der Waals surface area (Å²) in [6, 6.07) is 8.00. The fourth-order valence-electron chi connectivity index (χ4n) is 3.26. The Morgan fingerprint density at radius 2 is 2.10 bits per heavy atom. The molecule has 3 aromatic rings. The van der Waals surface area contributed by atoms with Crippen LogP contribution in [0, 0.1) is 10.1 Å². The van der Waals surface area contributed by atoms with Crippen LogP contribution in [0.1, 0.15) is 30.2 Å². The van der Waals surface area contributed by atoms with Crippen LogP contribution in [0.25, 0.3) is 17.5 Å². The Morgan fingerprint density at radius 1 is 1.28 bits per heavy atom. The van der Waals surface area contributed by atoms with Gasteiger partial charge in [0, 0.05) is 42.2 Å². The molecule has 1 amide bonds. The predicted octanol–water partition coefficient (Wildman–Crippen LogP) is 4.13. The summed E-state index contributed by atoms with van der Waals surface area (Å²) in [6.07, 6.45) is 4.91. The van der Waals surface area contributed by atoms with Crippen molar-refractivity contribution in [3.8, 4) is 11.5 Å². The third-order valence-corrected chi connectivity index (χ3v) is 5.50. The van der Waals surface area contributed by atoms with E-state index in [1.165, 1.54) is 18.2 Å². The zero-order chi connectivity index (χ0) is 20.2. The van der Waals surface area contributed by atoms with Crippen LogP contribution >= 0.6 is 11.3 Å². The van der Waals surface area contributed by atoms with Crippen molar-refractivity contribution >= 4 is 29.0 Å². The van der Waals surface area contributed by atoms with Crippen LogP contribution in [-0.4, -0.2) is 39.0 Å². The molecule has 1 aliphatic rings. The van der Waals surface area contributed by atoms with Crippen molar-refractivity contribution in [3.63, 3.8) is 0 Å². The van der Waals surface area contributed by atoms with E-state index >= 15 is 0 Å². The number of aromatic nitrogens is 2. The lowest BCUT2D eigenvalue weighted by molar-refractivity contribution is -0.384. The van der Waals surface area contributed by atoms with Gasteiger partial charge in [-0.25, -0.2) is 0 Å². The topological polar surface area (TPSA) is 102 Å². The zero-order valence-electron chi connectivity index (χ0n) is 15.4. The molecule has 0 spiro atoms. The number of hydrogen-bond donors (Lipinski definition) is 0. The highest BCUT2D eigenvalue weighted by Crippen LogP contribution is 2.29. The molecule has 1 aliphatic heterocycles. The zero-order valence-corrected chi connectivity index (χ0v) is 16.2. The maximum absolute atomic E-state index is 12.6. The molecule has 0 radical (unpaired) electrons. The first-order valence-corrected chi connectivity index (χ1v) is 10.1. The summed E-state index contributed by atoms with van der Waals surface area (Å²) in [5.41, 5.74) is 1.66. The van der Waals surface area contributed by atoms with Crippen LogP contribution in [0.5, 0.6) is 0 Å². The molecular formula is C20H18N4O4S. The maximum atomic E-state index is 12.6. The van der Waals surface area contributed by atoms with Gasteiger partial charge in [-0.3, -0.25) is 14.9 Å². The molecule has 8 nitrogen and oxygen atoms in total. The van der Waals surface area contributed by atoms with E-state index < -0.39 is 4.92 Å². The van der Waals surface area contributed by atoms with Gasteiger partial charge in [-0.05, 0) is 48.1 Å². The van der Waals surface area contributed by atoms with Crippen molar-refractivity contribution in [3.05, 3.63) is 68.7 Å². The second kappa shape index (κ2) is 8.36. The number of rotatable bonds is 5. The van der Waals surface area contributed by atoms with Crippen LogP contribution in [0.3, 0.4) is 0 Å². The van der Waals surface area contributed by atoms with Crippen LogP contribution < -0.4 is 0 Å². The Kier molecular flexibility index (Phi) is 5.48. The lowest BCUT2D eigenvalue weighted by atomic mass is 9.98. The van der Waals surface area contributed by atoms with Crippen molar-refractivity contribution in [1.29, 1.82) is 0 Å². The summed E-state index contributed by atoms with van der Waals surface area (Å²) in [6.45, 7) is 1.19. The second-order valence-electron chi connectivity index (χ2n) is 6.76. The largest absolute Gasteiger partial charge is 0.420 e. The van der Waals surface area contributed by atoms with E-state index in [4.69, 9.17) is 4.42 Å².